The number of hydrogen-bond donors (Lipinski definition) is 0. The zero-order chi connectivity index (χ0) is 10.2. The Labute approximate surface area is 86.3 Å². The molecular weight excluding hydrogens is 176 g/mol. The first-order valence-electron chi connectivity index (χ1n) is 5.50. The van der Waals surface area contributed by atoms with E-state index >= 15 is 0 Å². The highest BCUT2D eigenvalue weighted by Gasteiger charge is 2.17. The van der Waals surface area contributed by atoms with Crippen LogP contribution in [0.2, 0.25) is 0 Å². The number of ether oxygens (including phenoxy) is 1. The number of rotatable bonds is 4. The maximum absolute atomic E-state index is 5.33. The molecule has 1 saturated heterocycles. The minimum Gasteiger partial charge on any atom is -0.381 e. The summed E-state index contributed by atoms with van der Waals surface area (Å²) in [5, 5.41) is 0. The van der Waals surface area contributed by atoms with Crippen molar-refractivity contribution in [3.05, 3.63) is 0 Å². The standard InChI is InChI=1S/C11H20N2O/c1-3-12-9-11(13-4-2)10-5-7-14-8-6-10/h9-10H,3-8H2,1-2H3/b12-9-,13-11+. The summed E-state index contributed by atoms with van der Waals surface area (Å²) in [5.74, 6) is 0.569. The topological polar surface area (TPSA) is 34.0 Å². The molecule has 1 aliphatic heterocycles. The minimum absolute atomic E-state index is 0.569. The van der Waals surface area contributed by atoms with Crippen molar-refractivity contribution in [2.75, 3.05) is 26.3 Å². The molecule has 0 bridgehead atoms. The van der Waals surface area contributed by atoms with Gasteiger partial charge in [0.15, 0.2) is 0 Å². The molecule has 1 fully saturated rings. The van der Waals surface area contributed by atoms with Crippen molar-refractivity contribution < 1.29 is 4.74 Å². The van der Waals surface area contributed by atoms with Crippen molar-refractivity contribution in [1.82, 2.24) is 0 Å². The van der Waals surface area contributed by atoms with E-state index < -0.39 is 0 Å². The van der Waals surface area contributed by atoms with E-state index in [0.717, 1.165) is 44.9 Å². The Balaban J connectivity index is 2.56. The molecule has 0 amide bonds. The maximum atomic E-state index is 5.33. The van der Waals surface area contributed by atoms with E-state index in [1.165, 1.54) is 0 Å². The second kappa shape index (κ2) is 6.71. The molecule has 0 saturated carbocycles. The van der Waals surface area contributed by atoms with Gasteiger partial charge in [-0.15, -0.1) is 0 Å². The summed E-state index contributed by atoms with van der Waals surface area (Å²) in [4.78, 5) is 8.77. The van der Waals surface area contributed by atoms with Crippen molar-refractivity contribution in [3.8, 4) is 0 Å². The molecule has 1 aliphatic rings. The van der Waals surface area contributed by atoms with Gasteiger partial charge in [0.25, 0.3) is 0 Å². The van der Waals surface area contributed by atoms with Crippen LogP contribution in [0.25, 0.3) is 0 Å². The summed E-state index contributed by atoms with van der Waals surface area (Å²) in [7, 11) is 0. The Morgan fingerprint density at radius 1 is 1.29 bits per heavy atom. The number of aliphatic imine (C=N–C) groups is 2. The highest BCUT2D eigenvalue weighted by atomic mass is 16.5. The largest absolute Gasteiger partial charge is 0.381 e. The molecule has 0 unspecified atom stereocenters. The first-order valence-corrected chi connectivity index (χ1v) is 5.50. The summed E-state index contributed by atoms with van der Waals surface area (Å²) in [6.45, 7) is 7.54. The fraction of sp³-hybridized carbons (Fsp3) is 0.818. The molecule has 0 radical (unpaired) electrons. The van der Waals surface area contributed by atoms with Crippen LogP contribution in [0.5, 0.6) is 0 Å². The molecule has 3 heteroatoms. The van der Waals surface area contributed by atoms with Crippen molar-refractivity contribution in [1.29, 1.82) is 0 Å². The average molecular weight is 196 g/mol. The highest BCUT2D eigenvalue weighted by molar-refractivity contribution is 6.31. The van der Waals surface area contributed by atoms with Gasteiger partial charge in [-0.25, -0.2) is 0 Å². The minimum atomic E-state index is 0.569. The molecule has 3 nitrogen and oxygen atoms in total. The SMILES string of the molecule is CC/N=C\C(=N/CC)C1CCOCC1. The second-order valence-electron chi connectivity index (χ2n) is 3.41. The van der Waals surface area contributed by atoms with Gasteiger partial charge in [-0.05, 0) is 26.7 Å². The molecule has 1 heterocycles. The Kier molecular flexibility index (Phi) is 5.45. The third-order valence-corrected chi connectivity index (χ3v) is 2.39. The molecule has 0 aliphatic carbocycles. The van der Waals surface area contributed by atoms with Crippen LogP contribution in [0.3, 0.4) is 0 Å². The van der Waals surface area contributed by atoms with Crippen molar-refractivity contribution >= 4 is 11.9 Å². The van der Waals surface area contributed by atoms with Gasteiger partial charge in [-0.1, -0.05) is 0 Å². The van der Waals surface area contributed by atoms with Crippen LogP contribution in [0, 0.1) is 5.92 Å². The predicted molar refractivity (Wildman–Crippen MR) is 60.6 cm³/mol. The van der Waals surface area contributed by atoms with E-state index in [4.69, 9.17) is 4.74 Å². The quantitative estimate of drug-likeness (QED) is 0.633. The summed E-state index contributed by atoms with van der Waals surface area (Å²) in [5.41, 5.74) is 1.16. The van der Waals surface area contributed by atoms with Crippen molar-refractivity contribution in [3.63, 3.8) is 0 Å². The Bertz CT molecular complexity index is 205. The van der Waals surface area contributed by atoms with Crippen LogP contribution in [0.15, 0.2) is 9.98 Å². The van der Waals surface area contributed by atoms with E-state index in [0.29, 0.717) is 5.92 Å². The number of hydrogen-bond acceptors (Lipinski definition) is 3. The van der Waals surface area contributed by atoms with Gasteiger partial charge >= 0.3 is 0 Å². The van der Waals surface area contributed by atoms with Crippen molar-refractivity contribution in [2.45, 2.75) is 26.7 Å². The lowest BCUT2D eigenvalue weighted by molar-refractivity contribution is 0.0832. The van der Waals surface area contributed by atoms with Crippen molar-refractivity contribution in [2.24, 2.45) is 15.9 Å². The molecule has 0 atom stereocenters. The molecule has 14 heavy (non-hydrogen) atoms. The normalized spacial score (nSPS) is 20.6. The molecule has 1 rings (SSSR count). The fourth-order valence-electron chi connectivity index (χ4n) is 1.64. The molecular formula is C11H20N2O. The summed E-state index contributed by atoms with van der Waals surface area (Å²) < 4.78 is 5.33. The second-order valence-corrected chi connectivity index (χ2v) is 3.41. The van der Waals surface area contributed by atoms with E-state index in [9.17, 15) is 0 Å². The molecule has 0 aromatic heterocycles. The lowest BCUT2D eigenvalue weighted by Gasteiger charge is -2.21. The van der Waals surface area contributed by atoms with E-state index in [1.807, 2.05) is 13.1 Å². The van der Waals surface area contributed by atoms with E-state index in [-0.39, 0.29) is 0 Å². The van der Waals surface area contributed by atoms with Crippen LogP contribution in [0.1, 0.15) is 26.7 Å². The average Bonchev–Trinajstić information content (AvgIpc) is 2.25. The number of nitrogens with zero attached hydrogens (tertiary/aromatic N) is 2. The van der Waals surface area contributed by atoms with E-state index in [1.54, 1.807) is 0 Å². The summed E-state index contributed by atoms with van der Waals surface area (Å²) >= 11 is 0. The molecule has 0 aromatic carbocycles. The van der Waals surface area contributed by atoms with Crippen LogP contribution in [-0.2, 0) is 4.74 Å². The third-order valence-electron chi connectivity index (χ3n) is 2.39. The molecule has 0 spiro atoms. The molecule has 0 aromatic rings. The van der Waals surface area contributed by atoms with Crippen LogP contribution in [-0.4, -0.2) is 38.2 Å². The monoisotopic (exact) mass is 196 g/mol. The Hall–Kier alpha value is -0.700. The summed E-state index contributed by atoms with van der Waals surface area (Å²) in [6.07, 6.45) is 4.13. The van der Waals surface area contributed by atoms with Crippen LogP contribution < -0.4 is 0 Å². The van der Waals surface area contributed by atoms with Gasteiger partial charge in [-0.3, -0.25) is 9.98 Å². The first-order chi connectivity index (χ1) is 6.88. The molecule has 80 valence electrons. The van der Waals surface area contributed by atoms with Gasteiger partial charge in [0.1, 0.15) is 0 Å². The summed E-state index contributed by atoms with van der Waals surface area (Å²) in [6, 6.07) is 0. The Morgan fingerprint density at radius 2 is 2.00 bits per heavy atom. The lowest BCUT2D eigenvalue weighted by atomic mass is 9.95. The molecule has 0 N–H and O–H groups in total. The third kappa shape index (κ3) is 3.58. The van der Waals surface area contributed by atoms with Gasteiger partial charge in [0, 0.05) is 38.4 Å². The van der Waals surface area contributed by atoms with Gasteiger partial charge in [0.2, 0.25) is 0 Å². The van der Waals surface area contributed by atoms with Crippen LogP contribution >= 0.6 is 0 Å². The zero-order valence-corrected chi connectivity index (χ0v) is 9.20. The highest BCUT2D eigenvalue weighted by Crippen LogP contribution is 2.15. The van der Waals surface area contributed by atoms with Gasteiger partial charge in [-0.2, -0.15) is 0 Å². The maximum Gasteiger partial charge on any atom is 0.0558 e. The van der Waals surface area contributed by atoms with E-state index in [2.05, 4.69) is 16.9 Å². The Morgan fingerprint density at radius 3 is 2.57 bits per heavy atom. The smallest absolute Gasteiger partial charge is 0.0558 e. The zero-order valence-electron chi connectivity index (χ0n) is 9.20. The predicted octanol–water partition coefficient (Wildman–Crippen LogP) is 1.96. The van der Waals surface area contributed by atoms with Crippen LogP contribution in [0.4, 0.5) is 0 Å². The van der Waals surface area contributed by atoms with Gasteiger partial charge in [0.05, 0.1) is 5.71 Å². The lowest BCUT2D eigenvalue weighted by Crippen LogP contribution is -2.24. The van der Waals surface area contributed by atoms with Gasteiger partial charge < -0.3 is 4.74 Å². The first kappa shape index (κ1) is 11.4. The fourth-order valence-corrected chi connectivity index (χ4v) is 1.64.